The maximum absolute atomic E-state index is 5.26. The quantitative estimate of drug-likeness (QED) is 0.0872. The molecule has 9 heteroatoms. The SMILES string of the molecule is c1ccc(-c2cccc(-c3cc(-c4ccc(-c5cccnc5)cc4)nc(-c4cccc(-c5ccc6ccccc6c5)c4)n3)c2)cc1.c1cncc(-c2cccc(-c3cc(-c4ccc(-c5cccc6ccccc56)cc4)nc(-c4ccc5c6ccccc6c6ccccc6c5c4)n3)c2)c1.c1cncc(-c2cccc(-c3cc(-c4cccc(-c5cccc6ccccc56)c4)nc(-c4cccc5ccccc45)n3)c2)c1. The van der Waals surface area contributed by atoms with Crippen molar-refractivity contribution in [3.63, 3.8) is 0 Å². The lowest BCUT2D eigenvalue weighted by molar-refractivity contribution is 1.18. The molecule has 0 amide bonds. The summed E-state index contributed by atoms with van der Waals surface area (Å²) in [4.78, 5) is 44.2. The van der Waals surface area contributed by atoms with E-state index in [1.807, 2.05) is 42.9 Å². The third-order valence-corrected chi connectivity index (χ3v) is 26.7. The molecule has 0 bridgehead atoms. The normalized spacial score (nSPS) is 11.2. The highest BCUT2D eigenvalue weighted by Crippen LogP contribution is 2.43. The summed E-state index contributed by atoms with van der Waals surface area (Å²) in [5.74, 6) is 2.09. The van der Waals surface area contributed by atoms with Crippen LogP contribution in [0.2, 0.25) is 0 Å². The van der Waals surface area contributed by atoms with Crippen LogP contribution in [0.25, 0.3) is 255 Å². The highest BCUT2D eigenvalue weighted by molar-refractivity contribution is 6.26. The van der Waals surface area contributed by atoms with Crippen molar-refractivity contribution in [1.82, 2.24) is 44.9 Å². The molecule has 0 atom stereocenters. The van der Waals surface area contributed by atoms with E-state index in [2.05, 4.69) is 482 Å². The Labute approximate surface area is 822 Å². The van der Waals surface area contributed by atoms with Crippen LogP contribution in [0.4, 0.5) is 0 Å². The maximum Gasteiger partial charge on any atom is 0.161 e. The van der Waals surface area contributed by atoms with Crippen molar-refractivity contribution in [2.75, 3.05) is 0 Å². The molecule has 0 radical (unpaired) electrons. The van der Waals surface area contributed by atoms with Crippen LogP contribution in [-0.2, 0) is 0 Å². The van der Waals surface area contributed by atoms with Crippen LogP contribution in [0.15, 0.2) is 529 Å². The van der Waals surface area contributed by atoms with Crippen LogP contribution >= 0.6 is 0 Å². The van der Waals surface area contributed by atoms with E-state index in [9.17, 15) is 0 Å². The first-order chi connectivity index (χ1) is 70.3. The van der Waals surface area contributed by atoms with Gasteiger partial charge in [0.25, 0.3) is 0 Å². The van der Waals surface area contributed by atoms with Gasteiger partial charge in [0.2, 0.25) is 0 Å². The number of benzene rings is 20. The number of hydrogen-bond acceptors (Lipinski definition) is 9. The maximum atomic E-state index is 5.26. The fourth-order valence-electron chi connectivity index (χ4n) is 19.5. The van der Waals surface area contributed by atoms with Crippen molar-refractivity contribution < 1.29 is 0 Å². The van der Waals surface area contributed by atoms with Crippen molar-refractivity contribution in [1.29, 1.82) is 0 Å². The van der Waals surface area contributed by atoms with Crippen LogP contribution in [0.3, 0.4) is 0 Å². The largest absolute Gasteiger partial charge is 0.264 e. The molecular weight excluding hydrogens is 1720 g/mol. The molecule has 0 N–H and O–H groups in total. The van der Waals surface area contributed by atoms with Gasteiger partial charge in [0, 0.05) is 98.4 Å². The summed E-state index contributed by atoms with van der Waals surface area (Å²) >= 11 is 0. The summed E-state index contributed by atoms with van der Waals surface area (Å²) in [5.41, 5.74) is 30.3. The highest BCUT2D eigenvalue weighted by Gasteiger charge is 2.21. The molecule has 142 heavy (non-hydrogen) atoms. The molecule has 0 spiro atoms. The van der Waals surface area contributed by atoms with Gasteiger partial charge in [-0.2, -0.15) is 0 Å². The molecule has 0 aliphatic heterocycles. The molecule has 9 nitrogen and oxygen atoms in total. The molecule has 20 aromatic carbocycles. The third-order valence-electron chi connectivity index (χ3n) is 26.7. The summed E-state index contributed by atoms with van der Waals surface area (Å²) in [5, 5.41) is 17.1. The summed E-state index contributed by atoms with van der Waals surface area (Å²) in [6.45, 7) is 0. The molecule has 0 fully saturated rings. The zero-order valence-electron chi connectivity index (χ0n) is 77.3. The lowest BCUT2D eigenvalue weighted by Gasteiger charge is -2.13. The van der Waals surface area contributed by atoms with Crippen molar-refractivity contribution in [3.05, 3.63) is 529 Å². The molecule has 0 saturated carbocycles. The van der Waals surface area contributed by atoms with Gasteiger partial charge >= 0.3 is 0 Å². The average molecular weight is 1810 g/mol. The van der Waals surface area contributed by atoms with E-state index in [4.69, 9.17) is 29.9 Å². The van der Waals surface area contributed by atoms with Crippen LogP contribution in [-0.4, -0.2) is 44.9 Å². The molecule has 6 heterocycles. The Morgan fingerprint density at radius 3 is 0.852 bits per heavy atom. The zero-order valence-corrected chi connectivity index (χ0v) is 77.3. The van der Waals surface area contributed by atoms with Crippen molar-refractivity contribution in [3.8, 4) is 180 Å². The molecule has 6 aromatic heterocycles. The van der Waals surface area contributed by atoms with Gasteiger partial charge in [0.15, 0.2) is 17.5 Å². The summed E-state index contributed by atoms with van der Waals surface area (Å²) in [7, 11) is 0. The average Bonchev–Trinajstić information content (AvgIpc) is 0.737. The Kier molecular flexibility index (Phi) is 23.3. The van der Waals surface area contributed by atoms with Gasteiger partial charge in [-0.3, -0.25) is 15.0 Å². The summed E-state index contributed by atoms with van der Waals surface area (Å²) in [6.07, 6.45) is 11.1. The number of hydrogen-bond donors (Lipinski definition) is 0. The van der Waals surface area contributed by atoms with E-state index in [0.717, 1.165) is 145 Å². The number of rotatable bonds is 16. The van der Waals surface area contributed by atoms with Gasteiger partial charge < -0.3 is 0 Å². The van der Waals surface area contributed by atoms with E-state index < -0.39 is 0 Å². The molecule has 0 aliphatic carbocycles. The highest BCUT2D eigenvalue weighted by atomic mass is 14.9. The number of fused-ring (bicyclic) bond motifs is 10. The minimum atomic E-state index is 0.691. The van der Waals surface area contributed by atoms with E-state index in [1.54, 1.807) is 18.6 Å². The minimum absolute atomic E-state index is 0.691. The second kappa shape index (κ2) is 38.6. The Morgan fingerprint density at radius 2 is 0.380 bits per heavy atom. The van der Waals surface area contributed by atoms with Crippen molar-refractivity contribution in [2.24, 2.45) is 0 Å². The number of aromatic nitrogens is 9. The van der Waals surface area contributed by atoms with Crippen LogP contribution < -0.4 is 0 Å². The minimum Gasteiger partial charge on any atom is -0.264 e. The van der Waals surface area contributed by atoms with Gasteiger partial charge in [0.1, 0.15) is 0 Å². The van der Waals surface area contributed by atoms with E-state index in [1.165, 1.54) is 92.5 Å². The second-order valence-corrected chi connectivity index (χ2v) is 35.5. The Hall–Kier alpha value is -19.1. The van der Waals surface area contributed by atoms with E-state index in [-0.39, 0.29) is 0 Å². The van der Waals surface area contributed by atoms with Crippen LogP contribution in [0.1, 0.15) is 0 Å². The smallest absolute Gasteiger partial charge is 0.161 e. The van der Waals surface area contributed by atoms with Gasteiger partial charge in [-0.25, -0.2) is 29.9 Å². The zero-order chi connectivity index (χ0) is 94.4. The molecule has 26 rings (SSSR count). The van der Waals surface area contributed by atoms with Crippen LogP contribution in [0.5, 0.6) is 0 Å². The topological polar surface area (TPSA) is 116 Å². The van der Waals surface area contributed by atoms with E-state index >= 15 is 0 Å². The van der Waals surface area contributed by atoms with E-state index in [0.29, 0.717) is 17.5 Å². The summed E-state index contributed by atoms with van der Waals surface area (Å²) in [6, 6.07) is 173. The van der Waals surface area contributed by atoms with Gasteiger partial charge in [-0.05, 0) is 221 Å². The Balaban J connectivity index is 0.000000116. The molecule has 26 aromatic rings. The first-order valence-corrected chi connectivity index (χ1v) is 47.8. The lowest BCUT2D eigenvalue weighted by atomic mass is 9.93. The van der Waals surface area contributed by atoms with Crippen molar-refractivity contribution >= 4 is 75.4 Å². The second-order valence-electron chi connectivity index (χ2n) is 35.5. The molecule has 0 unspecified atom stereocenters. The lowest BCUT2D eigenvalue weighted by Crippen LogP contribution is -1.97. The molecule has 0 aliphatic rings. The standard InChI is InChI=1S/C49H31N3.C43H29N3.C41H27N3/c1-2-15-39-32(10-1)11-8-20-40(39)33-21-23-34(24-22-33)47-30-48(36-13-7-12-35(28-36)38-14-9-27-50-31-38)52-49(51-47)37-25-26-45-43-18-4-3-16-41(43)42-17-5-6-19-44(42)46(45)29-37;1-2-9-30(10-3-1)35-13-6-15-38(26-35)42-28-41(33-21-18-32(19-22-33)40-17-8-24-44-29-40)45-43(46-42)39-16-7-14-36(27-39)37-23-20-31-11-4-5-12-34(31)25-37;1-3-19-35-28(10-1)12-7-21-37(35)31-15-6-17-33(25-31)40-26-39(32-16-5-14-30(24-32)34-18-9-23-42-27-34)43-41(44-40)38-22-8-13-29-11-2-4-20-36(29)38/h1-31H;1-29H;1-27H. The number of nitrogens with zero attached hydrogens (tertiary/aromatic N) is 9. The molecule has 0 saturated heterocycles. The first kappa shape index (κ1) is 85.8. The van der Waals surface area contributed by atoms with Crippen molar-refractivity contribution in [2.45, 2.75) is 0 Å². The fourth-order valence-corrected chi connectivity index (χ4v) is 19.5. The fraction of sp³-hybridized carbons (Fsp3) is 0. The van der Waals surface area contributed by atoms with Gasteiger partial charge in [-0.15, -0.1) is 0 Å². The summed E-state index contributed by atoms with van der Waals surface area (Å²) < 4.78 is 0. The van der Waals surface area contributed by atoms with Crippen LogP contribution in [0, 0.1) is 0 Å². The Bertz CT molecular complexity index is 9170. The third kappa shape index (κ3) is 17.8. The number of pyridine rings is 3. The van der Waals surface area contributed by atoms with Gasteiger partial charge in [0.05, 0.1) is 34.2 Å². The Morgan fingerprint density at radius 1 is 0.113 bits per heavy atom. The predicted molar refractivity (Wildman–Crippen MR) is 589 cm³/mol. The van der Waals surface area contributed by atoms with Gasteiger partial charge in [-0.1, -0.05) is 413 Å². The molecule has 664 valence electrons. The molecular formula is C133H87N9. The monoisotopic (exact) mass is 1810 g/mol. The first-order valence-electron chi connectivity index (χ1n) is 47.8. The predicted octanol–water partition coefficient (Wildman–Crippen LogP) is 34.4.